The third-order valence-corrected chi connectivity index (χ3v) is 4.34. The second-order valence-corrected chi connectivity index (χ2v) is 5.84. The fourth-order valence-electron chi connectivity index (χ4n) is 2.30. The second kappa shape index (κ2) is 5.33. The van der Waals surface area contributed by atoms with Gasteiger partial charge in [0, 0.05) is 16.7 Å². The zero-order valence-electron chi connectivity index (χ0n) is 11.4. The highest BCUT2D eigenvalue weighted by molar-refractivity contribution is 9.10. The van der Waals surface area contributed by atoms with E-state index in [9.17, 15) is 9.59 Å². The number of fused-ring (bicyclic) bond motifs is 1. The maximum absolute atomic E-state index is 11.6. The Kier molecular flexibility index (Phi) is 3.51. The lowest BCUT2D eigenvalue weighted by Crippen LogP contribution is -2.19. The second-order valence-electron chi connectivity index (χ2n) is 4.98. The van der Waals surface area contributed by atoms with Crippen molar-refractivity contribution >= 4 is 33.4 Å². The van der Waals surface area contributed by atoms with Crippen LogP contribution in [0.25, 0.3) is 0 Å². The van der Waals surface area contributed by atoms with Gasteiger partial charge in [0.2, 0.25) is 0 Å². The fraction of sp³-hybridized carbons (Fsp3) is 0.125. The molecule has 0 spiro atoms. The van der Waals surface area contributed by atoms with Crippen molar-refractivity contribution in [2.45, 2.75) is 13.5 Å². The van der Waals surface area contributed by atoms with Crippen LogP contribution in [0.2, 0.25) is 0 Å². The molecule has 0 fully saturated rings. The Hall–Kier alpha value is -2.14. The minimum absolute atomic E-state index is 0.329. The summed E-state index contributed by atoms with van der Waals surface area (Å²) in [6.45, 7) is 2.70. The van der Waals surface area contributed by atoms with E-state index in [4.69, 9.17) is 0 Å². The van der Waals surface area contributed by atoms with Gasteiger partial charge in [0.05, 0.1) is 11.1 Å². The van der Waals surface area contributed by atoms with Crippen LogP contribution in [0.3, 0.4) is 0 Å². The molecule has 0 unspecified atom stereocenters. The average Bonchev–Trinajstić information content (AvgIpc) is 2.75. The maximum atomic E-state index is 11.6. The van der Waals surface area contributed by atoms with Gasteiger partial charge >= 0.3 is 0 Å². The number of imide groups is 1. The fourth-order valence-corrected chi connectivity index (χ4v) is 2.55. The number of nitrogens with one attached hydrogen (secondary N) is 2. The summed E-state index contributed by atoms with van der Waals surface area (Å²) in [6.07, 6.45) is 0. The van der Waals surface area contributed by atoms with E-state index in [1.807, 2.05) is 25.1 Å². The van der Waals surface area contributed by atoms with E-state index < -0.39 is 0 Å². The first-order valence-electron chi connectivity index (χ1n) is 6.53. The van der Waals surface area contributed by atoms with E-state index in [1.54, 1.807) is 12.1 Å². The topological polar surface area (TPSA) is 58.2 Å². The number of hydrogen-bond donors (Lipinski definition) is 2. The summed E-state index contributed by atoms with van der Waals surface area (Å²) in [7, 11) is 0. The van der Waals surface area contributed by atoms with E-state index in [2.05, 4.69) is 32.6 Å². The highest BCUT2D eigenvalue weighted by Crippen LogP contribution is 2.22. The number of anilines is 1. The molecule has 1 aliphatic rings. The number of benzene rings is 2. The lowest BCUT2D eigenvalue weighted by Gasteiger charge is -2.09. The van der Waals surface area contributed by atoms with Gasteiger partial charge in [-0.05, 0) is 42.3 Å². The molecule has 2 N–H and O–H groups in total. The minimum Gasteiger partial charge on any atom is -0.381 e. The van der Waals surface area contributed by atoms with Gasteiger partial charge in [0.1, 0.15) is 0 Å². The first-order chi connectivity index (χ1) is 10.0. The molecule has 0 saturated heterocycles. The van der Waals surface area contributed by atoms with E-state index >= 15 is 0 Å². The molecule has 2 aromatic rings. The summed E-state index contributed by atoms with van der Waals surface area (Å²) in [5.41, 5.74) is 4.01. The van der Waals surface area contributed by atoms with Crippen LogP contribution in [0.5, 0.6) is 0 Å². The van der Waals surface area contributed by atoms with Gasteiger partial charge in [0.15, 0.2) is 0 Å². The highest BCUT2D eigenvalue weighted by Gasteiger charge is 2.26. The predicted octanol–water partition coefficient (Wildman–Crippen LogP) is 3.25. The van der Waals surface area contributed by atoms with Crippen molar-refractivity contribution in [3.05, 3.63) is 63.1 Å². The first kappa shape index (κ1) is 13.8. The molecule has 0 atom stereocenters. The molecule has 5 heteroatoms. The molecule has 4 nitrogen and oxygen atoms in total. The van der Waals surface area contributed by atoms with E-state index in [0.29, 0.717) is 17.7 Å². The molecule has 0 aromatic heterocycles. The van der Waals surface area contributed by atoms with Crippen LogP contribution in [0.1, 0.15) is 31.8 Å². The SMILES string of the molecule is Cc1cc(CNc2ccc3c(c2)C(=O)NC3=O)ccc1Br. The zero-order valence-corrected chi connectivity index (χ0v) is 13.0. The van der Waals surface area contributed by atoms with E-state index in [1.165, 1.54) is 5.56 Å². The zero-order chi connectivity index (χ0) is 15.0. The van der Waals surface area contributed by atoms with Gasteiger partial charge in [-0.15, -0.1) is 0 Å². The maximum Gasteiger partial charge on any atom is 0.259 e. The predicted molar refractivity (Wildman–Crippen MR) is 84.4 cm³/mol. The number of amides is 2. The number of hydrogen-bond acceptors (Lipinski definition) is 3. The number of carbonyl (C=O) groups is 2. The van der Waals surface area contributed by atoms with Crippen LogP contribution < -0.4 is 10.6 Å². The lowest BCUT2D eigenvalue weighted by atomic mass is 10.1. The lowest BCUT2D eigenvalue weighted by molar-refractivity contribution is 0.0879. The Morgan fingerprint density at radius 3 is 2.57 bits per heavy atom. The Morgan fingerprint density at radius 1 is 1.05 bits per heavy atom. The normalized spacial score (nSPS) is 13.0. The summed E-state index contributed by atoms with van der Waals surface area (Å²) < 4.78 is 1.08. The van der Waals surface area contributed by atoms with Gasteiger partial charge in [-0.3, -0.25) is 14.9 Å². The summed E-state index contributed by atoms with van der Waals surface area (Å²) in [5.74, 6) is -0.664. The molecule has 0 aliphatic carbocycles. The largest absolute Gasteiger partial charge is 0.381 e. The summed E-state index contributed by atoms with van der Waals surface area (Å²) in [4.78, 5) is 23.1. The van der Waals surface area contributed by atoms with Crippen molar-refractivity contribution in [3.8, 4) is 0 Å². The van der Waals surface area contributed by atoms with Crippen molar-refractivity contribution < 1.29 is 9.59 Å². The van der Waals surface area contributed by atoms with Gasteiger partial charge in [-0.2, -0.15) is 0 Å². The monoisotopic (exact) mass is 344 g/mol. The van der Waals surface area contributed by atoms with Crippen LogP contribution in [0, 0.1) is 6.92 Å². The molecule has 1 heterocycles. The van der Waals surface area contributed by atoms with Gasteiger partial charge in [-0.1, -0.05) is 28.1 Å². The number of carbonyl (C=O) groups excluding carboxylic acids is 2. The molecule has 0 radical (unpaired) electrons. The Labute approximate surface area is 130 Å². The average molecular weight is 345 g/mol. The van der Waals surface area contributed by atoms with Gasteiger partial charge in [-0.25, -0.2) is 0 Å². The Morgan fingerprint density at radius 2 is 1.81 bits per heavy atom. The van der Waals surface area contributed by atoms with Gasteiger partial charge in [0.25, 0.3) is 11.8 Å². The van der Waals surface area contributed by atoms with Crippen molar-refractivity contribution in [1.29, 1.82) is 0 Å². The van der Waals surface area contributed by atoms with E-state index in [-0.39, 0.29) is 11.8 Å². The summed E-state index contributed by atoms with van der Waals surface area (Å²) >= 11 is 3.47. The standard InChI is InChI=1S/C16H13BrN2O2/c1-9-6-10(2-5-14(9)17)8-18-11-3-4-12-13(7-11)16(21)19-15(12)20/h2-7,18H,8H2,1H3,(H,19,20,21). The molecular formula is C16H13BrN2O2. The van der Waals surface area contributed by atoms with Crippen LogP contribution >= 0.6 is 15.9 Å². The third-order valence-electron chi connectivity index (χ3n) is 3.45. The smallest absolute Gasteiger partial charge is 0.259 e. The first-order valence-corrected chi connectivity index (χ1v) is 7.32. The number of halogens is 1. The van der Waals surface area contributed by atoms with Crippen molar-refractivity contribution in [1.82, 2.24) is 5.32 Å². The van der Waals surface area contributed by atoms with Crippen molar-refractivity contribution in [2.75, 3.05) is 5.32 Å². The molecule has 3 rings (SSSR count). The third kappa shape index (κ3) is 2.69. The summed E-state index contributed by atoms with van der Waals surface area (Å²) in [6, 6.07) is 11.3. The molecule has 2 aromatic carbocycles. The van der Waals surface area contributed by atoms with Crippen LogP contribution in [0.15, 0.2) is 40.9 Å². The molecule has 106 valence electrons. The Bertz CT molecular complexity index is 756. The number of aryl methyl sites for hydroxylation is 1. The molecule has 1 aliphatic heterocycles. The van der Waals surface area contributed by atoms with Crippen LogP contribution in [0.4, 0.5) is 5.69 Å². The summed E-state index contributed by atoms with van der Waals surface area (Å²) in [5, 5.41) is 5.55. The van der Waals surface area contributed by atoms with Crippen molar-refractivity contribution in [3.63, 3.8) is 0 Å². The molecule has 2 amide bonds. The minimum atomic E-state index is -0.335. The molecule has 0 saturated carbocycles. The van der Waals surface area contributed by atoms with Crippen LogP contribution in [-0.2, 0) is 6.54 Å². The molecular weight excluding hydrogens is 332 g/mol. The number of rotatable bonds is 3. The molecule has 21 heavy (non-hydrogen) atoms. The quantitative estimate of drug-likeness (QED) is 0.840. The Balaban J connectivity index is 1.77. The van der Waals surface area contributed by atoms with Crippen molar-refractivity contribution in [2.24, 2.45) is 0 Å². The highest BCUT2D eigenvalue weighted by atomic mass is 79.9. The van der Waals surface area contributed by atoms with Gasteiger partial charge < -0.3 is 5.32 Å². The van der Waals surface area contributed by atoms with E-state index in [0.717, 1.165) is 15.7 Å². The molecule has 0 bridgehead atoms. The van der Waals surface area contributed by atoms with Crippen LogP contribution in [-0.4, -0.2) is 11.8 Å².